The van der Waals surface area contributed by atoms with E-state index in [1.54, 1.807) is 30.9 Å². The number of fused-ring (bicyclic) bond motifs is 2. The van der Waals surface area contributed by atoms with Crippen molar-refractivity contribution in [3.05, 3.63) is 70.3 Å². The van der Waals surface area contributed by atoms with Gasteiger partial charge in [0, 0.05) is 69.0 Å². The summed E-state index contributed by atoms with van der Waals surface area (Å²) in [5.74, 6) is -0.244. The molecule has 1 aromatic carbocycles. The van der Waals surface area contributed by atoms with Crippen LogP contribution < -0.4 is 16.7 Å². The van der Waals surface area contributed by atoms with Crippen LogP contribution in [0.5, 0.6) is 0 Å². The summed E-state index contributed by atoms with van der Waals surface area (Å²) in [6.07, 6.45) is 11.8. The smallest absolute Gasteiger partial charge is 0.326 e. The molecule has 1 aliphatic rings. The van der Waals surface area contributed by atoms with Crippen molar-refractivity contribution in [2.24, 2.45) is 19.8 Å². The number of nitrogens with one attached hydrogen (secondary N) is 1. The van der Waals surface area contributed by atoms with Crippen LogP contribution in [-0.2, 0) is 27.2 Å². The van der Waals surface area contributed by atoms with Crippen LogP contribution in [0.15, 0.2) is 47.7 Å². The number of imidazole rings is 2. The van der Waals surface area contributed by atoms with Crippen LogP contribution in [0.4, 0.5) is 4.39 Å². The molecule has 8 heteroatoms. The Hall–Kier alpha value is -2.97. The van der Waals surface area contributed by atoms with E-state index in [0.29, 0.717) is 30.2 Å². The summed E-state index contributed by atoms with van der Waals surface area (Å²) in [6.45, 7) is 1.07. The lowest BCUT2D eigenvalue weighted by Gasteiger charge is -2.23. The Morgan fingerprint density at radius 3 is 2.53 bits per heavy atom. The van der Waals surface area contributed by atoms with Crippen LogP contribution >= 0.6 is 0 Å². The highest BCUT2D eigenvalue weighted by Crippen LogP contribution is 2.20. The molecule has 3 heterocycles. The molecule has 5 rings (SSSR count). The molecule has 0 amide bonds. The van der Waals surface area contributed by atoms with Crippen molar-refractivity contribution >= 4 is 16.7 Å². The summed E-state index contributed by atoms with van der Waals surface area (Å²) in [6, 6.07) is 7.71. The topological polar surface area (TPSA) is 82.3 Å². The molecular weight excluding hydrogens is 407 g/mol. The van der Waals surface area contributed by atoms with Crippen molar-refractivity contribution in [2.45, 2.75) is 51.2 Å². The van der Waals surface area contributed by atoms with E-state index in [2.05, 4.69) is 10.3 Å². The van der Waals surface area contributed by atoms with Crippen LogP contribution in [0.25, 0.3) is 16.7 Å². The van der Waals surface area contributed by atoms with E-state index in [1.807, 2.05) is 28.9 Å². The minimum absolute atomic E-state index is 0.123. The van der Waals surface area contributed by atoms with Gasteiger partial charge >= 0.3 is 5.69 Å². The third kappa shape index (κ3) is 4.47. The molecule has 0 aliphatic heterocycles. The summed E-state index contributed by atoms with van der Waals surface area (Å²) in [4.78, 5) is 16.1. The molecule has 1 fully saturated rings. The zero-order valence-electron chi connectivity index (χ0n) is 18.7. The Bertz CT molecular complexity index is 1260. The highest BCUT2D eigenvalue weighted by Gasteiger charge is 2.15. The number of halogens is 1. The van der Waals surface area contributed by atoms with E-state index >= 15 is 0 Å². The number of aromatic nitrogens is 4. The van der Waals surface area contributed by atoms with Crippen molar-refractivity contribution in [1.29, 1.82) is 0 Å². The molecule has 3 aromatic heterocycles. The average molecular weight is 439 g/mol. The van der Waals surface area contributed by atoms with Crippen LogP contribution in [0.2, 0.25) is 0 Å². The number of pyridine rings is 1. The SMILES string of the molecule is Cn1c(=O)n(C)c2cc(CNC3CCCCC3)c(F)cc21.NCc1cccn2ccnc12. The first-order valence-electron chi connectivity index (χ1n) is 11.2. The number of hydrogen-bond acceptors (Lipinski definition) is 4. The number of nitrogens with zero attached hydrogens (tertiary/aromatic N) is 4. The largest absolute Gasteiger partial charge is 0.328 e. The Kier molecular flexibility index (Phi) is 6.72. The van der Waals surface area contributed by atoms with Gasteiger partial charge in [-0.05, 0) is 25.0 Å². The minimum Gasteiger partial charge on any atom is -0.326 e. The fourth-order valence-electron chi connectivity index (χ4n) is 4.43. The number of rotatable bonds is 4. The highest BCUT2D eigenvalue weighted by molar-refractivity contribution is 5.77. The number of benzene rings is 1. The summed E-state index contributed by atoms with van der Waals surface area (Å²) in [7, 11) is 3.39. The average Bonchev–Trinajstić information content (AvgIpc) is 3.38. The number of aryl methyl sites for hydroxylation is 2. The molecular formula is C24H31FN6O. The molecule has 3 N–H and O–H groups in total. The van der Waals surface area contributed by atoms with E-state index in [9.17, 15) is 9.18 Å². The van der Waals surface area contributed by atoms with E-state index in [0.717, 1.165) is 16.7 Å². The Balaban J connectivity index is 0.000000186. The lowest BCUT2D eigenvalue weighted by atomic mass is 9.95. The molecule has 0 saturated heterocycles. The molecule has 1 aliphatic carbocycles. The van der Waals surface area contributed by atoms with Gasteiger partial charge in [-0.2, -0.15) is 0 Å². The second kappa shape index (κ2) is 9.67. The van der Waals surface area contributed by atoms with Crippen molar-refractivity contribution in [1.82, 2.24) is 23.8 Å². The molecule has 0 unspecified atom stereocenters. The summed E-state index contributed by atoms with van der Waals surface area (Å²) in [5, 5.41) is 3.45. The van der Waals surface area contributed by atoms with Gasteiger partial charge in [-0.15, -0.1) is 0 Å². The van der Waals surface area contributed by atoms with E-state index in [4.69, 9.17) is 5.73 Å². The second-order valence-corrected chi connectivity index (χ2v) is 8.44. The summed E-state index contributed by atoms with van der Waals surface area (Å²) < 4.78 is 19.2. The Morgan fingerprint density at radius 1 is 1.09 bits per heavy atom. The predicted octanol–water partition coefficient (Wildman–Crippen LogP) is 3.23. The lowest BCUT2D eigenvalue weighted by molar-refractivity contribution is 0.370. The quantitative estimate of drug-likeness (QED) is 0.513. The van der Waals surface area contributed by atoms with Gasteiger partial charge in [0.05, 0.1) is 11.0 Å². The lowest BCUT2D eigenvalue weighted by Crippen LogP contribution is -2.30. The van der Waals surface area contributed by atoms with Gasteiger partial charge in [-0.3, -0.25) is 9.13 Å². The maximum absolute atomic E-state index is 14.2. The molecule has 0 radical (unpaired) electrons. The predicted molar refractivity (Wildman–Crippen MR) is 125 cm³/mol. The van der Waals surface area contributed by atoms with Gasteiger partial charge < -0.3 is 15.5 Å². The molecule has 7 nitrogen and oxygen atoms in total. The first-order chi connectivity index (χ1) is 15.5. The van der Waals surface area contributed by atoms with Gasteiger partial charge in [0.1, 0.15) is 11.5 Å². The zero-order chi connectivity index (χ0) is 22.7. The standard InChI is InChI=1S/C16H22FN3O.C8H9N3/c1-19-14-8-11(10-18-12-6-4-3-5-7-12)13(17)9-15(14)20(2)16(19)21;9-6-7-2-1-4-11-5-3-10-8(7)11/h8-9,12,18H,3-7,10H2,1-2H3;1-5H,6,9H2. The van der Waals surface area contributed by atoms with Crippen molar-refractivity contribution < 1.29 is 4.39 Å². The molecule has 0 spiro atoms. The van der Waals surface area contributed by atoms with Crippen molar-refractivity contribution in [3.8, 4) is 0 Å². The molecule has 0 atom stereocenters. The van der Waals surface area contributed by atoms with Gasteiger partial charge in [-0.25, -0.2) is 14.2 Å². The van der Waals surface area contributed by atoms with Crippen LogP contribution in [0, 0.1) is 5.82 Å². The first-order valence-corrected chi connectivity index (χ1v) is 11.2. The maximum Gasteiger partial charge on any atom is 0.328 e. The van der Waals surface area contributed by atoms with Gasteiger partial charge in [-0.1, -0.05) is 25.3 Å². The van der Waals surface area contributed by atoms with E-state index < -0.39 is 0 Å². The van der Waals surface area contributed by atoms with Gasteiger partial charge in [0.2, 0.25) is 0 Å². The minimum atomic E-state index is -0.244. The molecule has 1 saturated carbocycles. The van der Waals surface area contributed by atoms with Crippen LogP contribution in [0.3, 0.4) is 0 Å². The van der Waals surface area contributed by atoms with Crippen LogP contribution in [0.1, 0.15) is 43.2 Å². The molecule has 0 bridgehead atoms. The fraction of sp³-hybridized carbons (Fsp3) is 0.417. The maximum atomic E-state index is 14.2. The Labute approximate surface area is 186 Å². The Morgan fingerprint density at radius 2 is 1.81 bits per heavy atom. The van der Waals surface area contributed by atoms with Gasteiger partial charge in [0.25, 0.3) is 0 Å². The highest BCUT2D eigenvalue weighted by atomic mass is 19.1. The second-order valence-electron chi connectivity index (χ2n) is 8.44. The summed E-state index contributed by atoms with van der Waals surface area (Å²) >= 11 is 0. The third-order valence-electron chi connectivity index (χ3n) is 6.35. The number of hydrogen-bond donors (Lipinski definition) is 2. The molecule has 170 valence electrons. The molecule has 32 heavy (non-hydrogen) atoms. The summed E-state index contributed by atoms with van der Waals surface area (Å²) in [5.41, 5.74) is 9.49. The monoisotopic (exact) mass is 438 g/mol. The molecule has 4 aromatic rings. The normalized spacial score (nSPS) is 14.6. The fourth-order valence-corrected chi connectivity index (χ4v) is 4.43. The van der Waals surface area contributed by atoms with E-state index in [-0.39, 0.29) is 11.5 Å². The van der Waals surface area contributed by atoms with Crippen molar-refractivity contribution in [3.63, 3.8) is 0 Å². The van der Waals surface area contributed by atoms with Gasteiger partial charge in [0.15, 0.2) is 0 Å². The van der Waals surface area contributed by atoms with Crippen LogP contribution in [-0.4, -0.2) is 24.6 Å². The first kappa shape index (κ1) is 22.2. The van der Waals surface area contributed by atoms with Crippen molar-refractivity contribution in [2.75, 3.05) is 0 Å². The third-order valence-corrected chi connectivity index (χ3v) is 6.35. The van der Waals surface area contributed by atoms with E-state index in [1.165, 1.54) is 42.7 Å². The zero-order valence-corrected chi connectivity index (χ0v) is 18.7. The number of nitrogens with two attached hydrogens (primary N) is 1.